The molecule has 21 heavy (non-hydrogen) atoms. The number of hydrogen-bond acceptors (Lipinski definition) is 4. The van der Waals surface area contributed by atoms with Gasteiger partial charge in [0.1, 0.15) is 6.54 Å². The van der Waals surface area contributed by atoms with Crippen LogP contribution in [-0.2, 0) is 19.6 Å². The van der Waals surface area contributed by atoms with Gasteiger partial charge in [0.15, 0.2) is 0 Å². The first-order valence-electron chi connectivity index (χ1n) is 6.29. The number of carboxylic acids is 1. The fourth-order valence-corrected chi connectivity index (χ4v) is 2.41. The zero-order chi connectivity index (χ0) is 16.0. The maximum atomic E-state index is 12.2. The van der Waals surface area contributed by atoms with Crippen molar-refractivity contribution in [1.29, 1.82) is 0 Å². The molecule has 0 bridgehead atoms. The topological polar surface area (TPSA) is 95.0 Å². The van der Waals surface area contributed by atoms with Crippen molar-refractivity contribution >= 4 is 27.6 Å². The van der Waals surface area contributed by atoms with E-state index in [1.165, 1.54) is 14.0 Å². The van der Waals surface area contributed by atoms with E-state index in [-0.39, 0.29) is 5.75 Å². The van der Waals surface area contributed by atoms with E-state index >= 15 is 0 Å². The molecule has 0 saturated carbocycles. The van der Waals surface area contributed by atoms with Crippen molar-refractivity contribution in [3.63, 3.8) is 0 Å². The van der Waals surface area contributed by atoms with Gasteiger partial charge in [-0.05, 0) is 19.1 Å². The first-order chi connectivity index (χ1) is 9.77. The number of carbonyl (C=O) groups excluding carboxylic acids is 1. The molecular formula is C13H18N2O5S. The molecule has 7 nitrogen and oxygen atoms in total. The minimum Gasteiger partial charge on any atom is -0.480 e. The molecule has 0 aliphatic heterocycles. The average molecular weight is 314 g/mol. The summed E-state index contributed by atoms with van der Waals surface area (Å²) in [5.74, 6) is -1.89. The fourth-order valence-electron chi connectivity index (χ4n) is 1.66. The minimum atomic E-state index is -3.50. The van der Waals surface area contributed by atoms with Crippen LogP contribution >= 0.6 is 0 Å². The lowest BCUT2D eigenvalue weighted by atomic mass is 10.3. The molecule has 0 fully saturated rings. The molecule has 0 aliphatic rings. The molecule has 1 N–H and O–H groups in total. The Morgan fingerprint density at radius 2 is 1.71 bits per heavy atom. The van der Waals surface area contributed by atoms with E-state index in [2.05, 4.69) is 0 Å². The second kappa shape index (κ2) is 7.19. The molecule has 0 saturated heterocycles. The smallest absolute Gasteiger partial charge is 0.323 e. The Bertz CT molecular complexity index is 600. The molecule has 1 aromatic carbocycles. The molecule has 1 aromatic rings. The summed E-state index contributed by atoms with van der Waals surface area (Å²) in [5, 5.41) is 8.91. The van der Waals surface area contributed by atoms with Gasteiger partial charge in [-0.15, -0.1) is 0 Å². The molecule has 0 radical (unpaired) electrons. The van der Waals surface area contributed by atoms with E-state index in [4.69, 9.17) is 5.11 Å². The van der Waals surface area contributed by atoms with Crippen molar-refractivity contribution in [3.05, 3.63) is 30.3 Å². The zero-order valence-electron chi connectivity index (χ0n) is 11.9. The van der Waals surface area contributed by atoms with Crippen LogP contribution in [0.15, 0.2) is 30.3 Å². The summed E-state index contributed by atoms with van der Waals surface area (Å²) in [6, 6.07) is 8.26. The molecule has 116 valence electrons. The maximum Gasteiger partial charge on any atom is 0.323 e. The van der Waals surface area contributed by atoms with Gasteiger partial charge in [-0.3, -0.25) is 9.59 Å². The van der Waals surface area contributed by atoms with Gasteiger partial charge in [0.2, 0.25) is 15.9 Å². The number of anilines is 1. The van der Waals surface area contributed by atoms with Crippen molar-refractivity contribution in [2.24, 2.45) is 0 Å². The number of amides is 1. The van der Waals surface area contributed by atoms with Gasteiger partial charge in [-0.1, -0.05) is 18.2 Å². The summed E-state index contributed by atoms with van der Waals surface area (Å²) in [5.41, 5.74) is 0.409. The van der Waals surface area contributed by atoms with Crippen molar-refractivity contribution in [1.82, 2.24) is 4.31 Å². The van der Waals surface area contributed by atoms with Crippen LogP contribution < -0.4 is 4.90 Å². The van der Waals surface area contributed by atoms with Crippen LogP contribution in [0.5, 0.6) is 0 Å². The number of carboxylic acid groups (broad SMARTS) is 1. The quantitative estimate of drug-likeness (QED) is 0.785. The molecule has 0 aliphatic carbocycles. The van der Waals surface area contributed by atoms with Crippen molar-refractivity contribution < 1.29 is 23.1 Å². The highest BCUT2D eigenvalue weighted by molar-refractivity contribution is 7.89. The van der Waals surface area contributed by atoms with Gasteiger partial charge in [0, 0.05) is 12.7 Å². The van der Waals surface area contributed by atoms with Gasteiger partial charge in [0.25, 0.3) is 0 Å². The lowest BCUT2D eigenvalue weighted by Gasteiger charge is -2.23. The van der Waals surface area contributed by atoms with Gasteiger partial charge < -0.3 is 10.0 Å². The Morgan fingerprint density at radius 3 is 2.19 bits per heavy atom. The van der Waals surface area contributed by atoms with Crippen LogP contribution in [0.25, 0.3) is 0 Å². The van der Waals surface area contributed by atoms with E-state index in [0.29, 0.717) is 5.69 Å². The number of carbonyl (C=O) groups is 2. The van der Waals surface area contributed by atoms with Crippen molar-refractivity contribution in [2.75, 3.05) is 30.8 Å². The highest BCUT2D eigenvalue weighted by Crippen LogP contribution is 2.14. The number of aliphatic carboxylic acids is 1. The molecule has 0 atom stereocenters. The number of sulfonamides is 1. The number of rotatable bonds is 7. The lowest BCUT2D eigenvalue weighted by Crippen LogP contribution is -2.43. The second-order valence-corrected chi connectivity index (χ2v) is 6.73. The van der Waals surface area contributed by atoms with Gasteiger partial charge >= 0.3 is 5.97 Å². The molecule has 8 heteroatoms. The lowest BCUT2D eigenvalue weighted by molar-refractivity contribution is -0.136. The summed E-state index contributed by atoms with van der Waals surface area (Å²) in [6.07, 6.45) is 0. The largest absolute Gasteiger partial charge is 0.480 e. The SMILES string of the molecule is CCS(=O)(=O)N(C)CC(=O)N(CC(=O)O)c1ccccc1. The third-order valence-corrected chi connectivity index (χ3v) is 4.67. The van der Waals surface area contributed by atoms with Crippen LogP contribution in [0, 0.1) is 0 Å². The number of benzene rings is 1. The summed E-state index contributed by atoms with van der Waals surface area (Å²) in [7, 11) is -2.21. The Kier molecular flexibility index (Phi) is 5.86. The zero-order valence-corrected chi connectivity index (χ0v) is 12.7. The third-order valence-electron chi connectivity index (χ3n) is 2.86. The predicted molar refractivity (Wildman–Crippen MR) is 78.5 cm³/mol. The summed E-state index contributed by atoms with van der Waals surface area (Å²) < 4.78 is 24.2. The summed E-state index contributed by atoms with van der Waals surface area (Å²) in [4.78, 5) is 24.2. The first-order valence-corrected chi connectivity index (χ1v) is 7.90. The molecule has 0 aromatic heterocycles. The Balaban J connectivity index is 2.95. The second-order valence-electron chi connectivity index (χ2n) is 4.37. The van der Waals surface area contributed by atoms with Crippen LogP contribution in [0.3, 0.4) is 0 Å². The molecular weight excluding hydrogens is 296 g/mol. The molecule has 0 spiro atoms. The van der Waals surface area contributed by atoms with Gasteiger partial charge in [-0.2, -0.15) is 4.31 Å². The van der Waals surface area contributed by atoms with Gasteiger partial charge in [0.05, 0.1) is 12.3 Å². The standard InChI is InChI=1S/C13H18N2O5S/c1-3-21(19,20)14(2)9-12(16)15(10-13(17)18)11-7-5-4-6-8-11/h4-8H,3,9-10H2,1-2H3,(H,17,18). The molecule has 1 rings (SSSR count). The highest BCUT2D eigenvalue weighted by atomic mass is 32.2. The number of para-hydroxylation sites is 1. The van der Waals surface area contributed by atoms with Crippen LogP contribution in [0.1, 0.15) is 6.92 Å². The number of likely N-dealkylation sites (N-methyl/N-ethyl adjacent to an activating group) is 1. The van der Waals surface area contributed by atoms with Crippen LogP contribution in [0.4, 0.5) is 5.69 Å². The minimum absolute atomic E-state index is 0.124. The monoisotopic (exact) mass is 314 g/mol. The first kappa shape index (κ1) is 17.1. The third kappa shape index (κ3) is 4.83. The Hall–Kier alpha value is -1.93. The Labute approximate surface area is 123 Å². The van der Waals surface area contributed by atoms with E-state index in [1.54, 1.807) is 30.3 Å². The fraction of sp³-hybridized carbons (Fsp3) is 0.385. The van der Waals surface area contributed by atoms with Crippen molar-refractivity contribution in [3.8, 4) is 0 Å². The summed E-state index contributed by atoms with van der Waals surface area (Å²) in [6.45, 7) is 0.545. The number of nitrogens with zero attached hydrogens (tertiary/aromatic N) is 2. The maximum absolute atomic E-state index is 12.2. The molecule has 0 heterocycles. The number of hydrogen-bond donors (Lipinski definition) is 1. The molecule has 1 amide bonds. The average Bonchev–Trinajstić information content (AvgIpc) is 2.45. The van der Waals surface area contributed by atoms with Gasteiger partial charge in [-0.25, -0.2) is 8.42 Å². The van der Waals surface area contributed by atoms with E-state index in [1.807, 2.05) is 0 Å². The van der Waals surface area contributed by atoms with E-state index in [0.717, 1.165) is 9.21 Å². The normalized spacial score (nSPS) is 11.4. The molecule has 0 unspecified atom stereocenters. The van der Waals surface area contributed by atoms with Crippen LogP contribution in [0.2, 0.25) is 0 Å². The predicted octanol–water partition coefficient (Wildman–Crippen LogP) is 0.386. The summed E-state index contributed by atoms with van der Waals surface area (Å²) >= 11 is 0. The highest BCUT2D eigenvalue weighted by Gasteiger charge is 2.24. The Morgan fingerprint density at radius 1 is 1.14 bits per heavy atom. The van der Waals surface area contributed by atoms with Crippen LogP contribution in [-0.4, -0.2) is 55.6 Å². The van der Waals surface area contributed by atoms with Crippen molar-refractivity contribution in [2.45, 2.75) is 6.92 Å². The van der Waals surface area contributed by atoms with E-state index < -0.39 is 35.0 Å². The van der Waals surface area contributed by atoms with E-state index in [9.17, 15) is 18.0 Å².